The molecule has 2 fully saturated rings. The Bertz CT molecular complexity index is 949. The van der Waals surface area contributed by atoms with Crippen molar-refractivity contribution >= 4 is 38.8 Å². The first-order chi connectivity index (χ1) is 11.9. The second-order valence-corrected chi connectivity index (χ2v) is 8.78. The van der Waals surface area contributed by atoms with E-state index in [2.05, 4.69) is 0 Å². The Hall–Kier alpha value is -2.12. The smallest absolute Gasteiger partial charge is 0.288 e. The van der Waals surface area contributed by atoms with Crippen molar-refractivity contribution in [1.29, 1.82) is 0 Å². The van der Waals surface area contributed by atoms with E-state index in [0.717, 1.165) is 0 Å². The number of hydrogen-bond donors (Lipinski definition) is 0. The maximum atomic E-state index is 13.2. The number of benzene rings is 2. The monoisotopic (exact) mass is 380 g/mol. The summed E-state index contributed by atoms with van der Waals surface area (Å²) in [5.74, 6) is -0.636. The van der Waals surface area contributed by atoms with Crippen molar-refractivity contribution in [1.82, 2.24) is 0 Å². The lowest BCUT2D eigenvalue weighted by molar-refractivity contribution is 0.255. The fraction of sp³-hybridized carbons (Fsp3) is 0.235. The molecule has 8 heteroatoms. The Morgan fingerprint density at radius 1 is 0.960 bits per heavy atom. The van der Waals surface area contributed by atoms with E-state index in [1.807, 2.05) is 0 Å². The highest BCUT2D eigenvalue weighted by Crippen LogP contribution is 2.38. The predicted octanol–water partition coefficient (Wildman–Crippen LogP) is 3.09. The second kappa shape index (κ2) is 5.71. The van der Waals surface area contributed by atoms with Crippen LogP contribution in [-0.4, -0.2) is 38.0 Å². The van der Waals surface area contributed by atoms with Gasteiger partial charge in [0.1, 0.15) is 5.82 Å². The Balaban J connectivity index is 1.81. The van der Waals surface area contributed by atoms with Crippen molar-refractivity contribution in [2.75, 3.05) is 21.3 Å². The number of carbonyl (C=O) groups excluding carboxylic acids is 1. The number of halogens is 2. The highest BCUT2D eigenvalue weighted by molar-refractivity contribution is 7.91. The van der Waals surface area contributed by atoms with E-state index in [4.69, 9.17) is 11.6 Å². The lowest BCUT2D eigenvalue weighted by Gasteiger charge is -2.22. The minimum atomic E-state index is -3.27. The number of nitrogens with zero attached hydrogens (tertiary/aromatic N) is 2. The minimum absolute atomic E-state index is 0.104. The fourth-order valence-corrected chi connectivity index (χ4v) is 5.64. The average molecular weight is 381 g/mol. The van der Waals surface area contributed by atoms with Crippen molar-refractivity contribution in [3.05, 3.63) is 59.4 Å². The topological polar surface area (TPSA) is 57.7 Å². The maximum Gasteiger partial charge on any atom is 0.329 e. The van der Waals surface area contributed by atoms with Gasteiger partial charge < -0.3 is 0 Å². The van der Waals surface area contributed by atoms with E-state index in [1.165, 1.54) is 34.1 Å². The molecule has 25 heavy (non-hydrogen) atoms. The molecule has 0 radical (unpaired) electrons. The molecule has 2 aliphatic heterocycles. The third-order valence-corrected chi connectivity index (χ3v) is 6.49. The molecule has 0 unspecified atom stereocenters. The van der Waals surface area contributed by atoms with E-state index < -0.39 is 27.7 Å². The Morgan fingerprint density at radius 3 is 2.16 bits per heavy atom. The average Bonchev–Trinajstić information content (AvgIpc) is 2.97. The first-order valence-electron chi connectivity index (χ1n) is 7.70. The lowest BCUT2D eigenvalue weighted by Crippen LogP contribution is -2.37. The minimum Gasteiger partial charge on any atom is -0.288 e. The molecule has 2 aromatic carbocycles. The summed E-state index contributed by atoms with van der Waals surface area (Å²) in [6.07, 6.45) is 0. The molecule has 2 aliphatic rings. The van der Waals surface area contributed by atoms with E-state index in [-0.39, 0.29) is 17.5 Å². The van der Waals surface area contributed by atoms with Gasteiger partial charge in [0.15, 0.2) is 9.84 Å². The van der Waals surface area contributed by atoms with E-state index in [9.17, 15) is 17.6 Å². The van der Waals surface area contributed by atoms with Gasteiger partial charge in [-0.05, 0) is 42.5 Å². The Kier molecular flexibility index (Phi) is 3.73. The molecular formula is C17H14ClFN2O3S. The van der Waals surface area contributed by atoms with Gasteiger partial charge in [-0.25, -0.2) is 17.6 Å². The number of fused-ring (bicyclic) bond motifs is 1. The van der Waals surface area contributed by atoms with Gasteiger partial charge >= 0.3 is 6.03 Å². The third kappa shape index (κ3) is 2.77. The van der Waals surface area contributed by atoms with Gasteiger partial charge in [0.05, 0.1) is 23.6 Å². The highest BCUT2D eigenvalue weighted by Gasteiger charge is 2.54. The van der Waals surface area contributed by atoms with Gasteiger partial charge in [-0.3, -0.25) is 9.80 Å². The van der Waals surface area contributed by atoms with Crippen LogP contribution in [0.4, 0.5) is 20.6 Å². The van der Waals surface area contributed by atoms with Crippen LogP contribution in [0, 0.1) is 5.82 Å². The van der Waals surface area contributed by atoms with Gasteiger partial charge in [0.2, 0.25) is 0 Å². The van der Waals surface area contributed by atoms with Gasteiger partial charge in [-0.1, -0.05) is 17.7 Å². The molecule has 2 heterocycles. The van der Waals surface area contributed by atoms with E-state index >= 15 is 0 Å². The van der Waals surface area contributed by atoms with E-state index in [1.54, 1.807) is 24.3 Å². The van der Waals surface area contributed by atoms with Gasteiger partial charge in [-0.2, -0.15) is 0 Å². The number of anilines is 2. The molecule has 0 spiro atoms. The number of hydrogen-bond acceptors (Lipinski definition) is 3. The summed E-state index contributed by atoms with van der Waals surface area (Å²) < 4.78 is 37.6. The number of sulfone groups is 1. The van der Waals surface area contributed by atoms with Crippen LogP contribution in [0.15, 0.2) is 48.5 Å². The van der Waals surface area contributed by atoms with Gasteiger partial charge in [0.25, 0.3) is 0 Å². The molecule has 2 amide bonds. The highest BCUT2D eigenvalue weighted by atomic mass is 35.5. The van der Waals surface area contributed by atoms with Crippen molar-refractivity contribution in [3.8, 4) is 0 Å². The molecule has 130 valence electrons. The molecule has 0 N–H and O–H groups in total. The molecule has 0 bridgehead atoms. The second-order valence-electron chi connectivity index (χ2n) is 6.19. The molecule has 2 atom stereocenters. The predicted molar refractivity (Wildman–Crippen MR) is 94.4 cm³/mol. The molecule has 4 rings (SSSR count). The quantitative estimate of drug-likeness (QED) is 0.752. The summed E-state index contributed by atoms with van der Waals surface area (Å²) in [5.41, 5.74) is 1.03. The zero-order valence-corrected chi connectivity index (χ0v) is 14.5. The number of amides is 2. The van der Waals surface area contributed by atoms with Crippen LogP contribution in [0.5, 0.6) is 0 Å². The number of urea groups is 1. The standard InChI is InChI=1S/C17H14ClFN2O3S/c18-11-2-1-3-14(8-11)21-16-10-25(23,24)9-15(16)20(17(21)22)13-6-4-12(19)5-7-13/h1-8,15-16H,9-10H2/t15-,16-/m0/s1. The Morgan fingerprint density at radius 2 is 1.56 bits per heavy atom. The molecule has 0 aliphatic carbocycles. The van der Waals surface area contributed by atoms with Crippen LogP contribution >= 0.6 is 11.6 Å². The van der Waals surface area contributed by atoms with Crippen LogP contribution < -0.4 is 9.80 Å². The Labute approximate surface area is 149 Å². The zero-order chi connectivity index (χ0) is 17.8. The summed E-state index contributed by atoms with van der Waals surface area (Å²) in [4.78, 5) is 16.0. The van der Waals surface area contributed by atoms with Gasteiger partial charge in [0, 0.05) is 16.4 Å². The zero-order valence-electron chi connectivity index (χ0n) is 13.0. The van der Waals surface area contributed by atoms with Crippen LogP contribution in [0.1, 0.15) is 0 Å². The SMILES string of the molecule is O=C1N(c2ccc(F)cc2)[C@H]2CS(=O)(=O)C[C@@H]2N1c1cccc(Cl)c1. The summed E-state index contributed by atoms with van der Waals surface area (Å²) in [6.45, 7) is 0. The first kappa shape index (κ1) is 16.4. The van der Waals surface area contributed by atoms with Crippen molar-refractivity contribution in [2.24, 2.45) is 0 Å². The summed E-state index contributed by atoms with van der Waals surface area (Å²) in [6, 6.07) is 10.9. The molecule has 2 aromatic rings. The van der Waals surface area contributed by atoms with Crippen molar-refractivity contribution < 1.29 is 17.6 Å². The van der Waals surface area contributed by atoms with Crippen molar-refractivity contribution in [2.45, 2.75) is 12.1 Å². The van der Waals surface area contributed by atoms with Crippen molar-refractivity contribution in [3.63, 3.8) is 0 Å². The molecule has 0 aromatic heterocycles. The van der Waals surface area contributed by atoms with Crippen LogP contribution in [0.2, 0.25) is 5.02 Å². The number of rotatable bonds is 2. The molecule has 0 saturated carbocycles. The third-order valence-electron chi connectivity index (χ3n) is 4.56. The largest absolute Gasteiger partial charge is 0.329 e. The normalized spacial score (nSPS) is 24.6. The molecular weight excluding hydrogens is 367 g/mol. The number of carbonyl (C=O) groups is 1. The summed E-state index contributed by atoms with van der Waals surface area (Å²) in [5, 5.41) is 0.461. The van der Waals surface area contributed by atoms with E-state index in [0.29, 0.717) is 16.4 Å². The lowest BCUT2D eigenvalue weighted by atomic mass is 10.1. The van der Waals surface area contributed by atoms with Crippen LogP contribution in [0.3, 0.4) is 0 Å². The molecule has 2 saturated heterocycles. The fourth-order valence-electron chi connectivity index (χ4n) is 3.54. The summed E-state index contributed by atoms with van der Waals surface area (Å²) in [7, 11) is -3.27. The van der Waals surface area contributed by atoms with Gasteiger partial charge in [-0.15, -0.1) is 0 Å². The van der Waals surface area contributed by atoms with Crippen LogP contribution in [-0.2, 0) is 9.84 Å². The molecule has 5 nitrogen and oxygen atoms in total. The summed E-state index contributed by atoms with van der Waals surface area (Å²) >= 11 is 6.03. The first-order valence-corrected chi connectivity index (χ1v) is 9.90. The maximum absolute atomic E-state index is 13.2. The van der Waals surface area contributed by atoms with Crippen LogP contribution in [0.25, 0.3) is 0 Å².